The van der Waals surface area contributed by atoms with E-state index in [9.17, 15) is 9.65 Å². The summed E-state index contributed by atoms with van der Waals surface area (Å²) in [6.45, 7) is 0. The van der Waals surface area contributed by atoms with Crippen molar-refractivity contribution in [2.24, 2.45) is 0 Å². The maximum absolute atomic E-state index is 13.4. The van der Waals surface area contributed by atoms with Crippen LogP contribution in [0.5, 0.6) is 17.2 Å². The van der Waals surface area contributed by atoms with E-state index < -0.39 is 0 Å². The summed E-state index contributed by atoms with van der Waals surface area (Å²) >= 11 is 0. The lowest BCUT2D eigenvalue weighted by Gasteiger charge is -2.12. The molecule has 1 N–H and O–H groups in total. The molecule has 7 heteroatoms. The van der Waals surface area contributed by atoms with Gasteiger partial charge in [-0.2, -0.15) is 5.26 Å². The Morgan fingerprint density at radius 3 is 2.38 bits per heavy atom. The molecule has 0 aliphatic heterocycles. The number of halogens is 1. The Hall–Kier alpha value is -3.53. The number of benzene rings is 2. The first-order valence-corrected chi connectivity index (χ1v) is 7.67. The van der Waals surface area contributed by atoms with Gasteiger partial charge in [-0.1, -0.05) is 0 Å². The molecule has 0 saturated heterocycles. The van der Waals surface area contributed by atoms with E-state index in [2.05, 4.69) is 16.0 Å². The van der Waals surface area contributed by atoms with Gasteiger partial charge in [0.25, 0.3) is 0 Å². The zero-order valence-electron chi connectivity index (χ0n) is 14.5. The van der Waals surface area contributed by atoms with Crippen molar-refractivity contribution in [3.8, 4) is 23.3 Å². The fourth-order valence-corrected chi connectivity index (χ4v) is 2.58. The number of methoxy groups -OCH3 is 3. The van der Waals surface area contributed by atoms with E-state index in [4.69, 9.17) is 14.2 Å². The molecule has 132 valence electrons. The monoisotopic (exact) mass is 353 g/mol. The van der Waals surface area contributed by atoms with E-state index in [1.807, 2.05) is 0 Å². The molecule has 1 aromatic heterocycles. The molecule has 3 rings (SSSR count). The van der Waals surface area contributed by atoms with E-state index in [1.165, 1.54) is 33.5 Å². The highest BCUT2D eigenvalue weighted by Crippen LogP contribution is 2.36. The number of aromatic nitrogens is 2. The van der Waals surface area contributed by atoms with Gasteiger partial charge in [-0.25, -0.2) is 9.37 Å². The van der Waals surface area contributed by atoms with E-state index in [0.29, 0.717) is 39.7 Å². The summed E-state index contributed by atoms with van der Waals surface area (Å²) in [6.07, 6.45) is 1.60. The summed E-state index contributed by atoms with van der Waals surface area (Å²) in [4.78, 5) is 7.30. The minimum Gasteiger partial charge on any atom is -0.496 e. The molecule has 2 aromatic carbocycles. The zero-order chi connectivity index (χ0) is 18.7. The van der Waals surface area contributed by atoms with Crippen LogP contribution in [0.15, 0.2) is 30.3 Å². The Morgan fingerprint density at radius 1 is 1.12 bits per heavy atom. The van der Waals surface area contributed by atoms with Crippen molar-refractivity contribution >= 4 is 22.7 Å². The average molecular weight is 353 g/mol. The molecule has 0 atom stereocenters. The number of ether oxygens (including phenoxy) is 3. The van der Waals surface area contributed by atoms with Crippen molar-refractivity contribution in [1.82, 2.24) is 9.97 Å². The van der Waals surface area contributed by atoms with E-state index >= 15 is 0 Å². The van der Waals surface area contributed by atoms with E-state index in [1.54, 1.807) is 24.3 Å². The Labute approximate surface area is 149 Å². The predicted octanol–water partition coefficient (Wildman–Crippen LogP) is 3.79. The van der Waals surface area contributed by atoms with Gasteiger partial charge in [0.2, 0.25) is 0 Å². The van der Waals surface area contributed by atoms with Crippen LogP contribution in [0, 0.1) is 17.1 Å². The third-order valence-corrected chi connectivity index (χ3v) is 3.86. The van der Waals surface area contributed by atoms with E-state index in [-0.39, 0.29) is 11.4 Å². The van der Waals surface area contributed by atoms with Crippen molar-refractivity contribution < 1.29 is 18.6 Å². The normalized spacial score (nSPS) is 11.3. The highest BCUT2D eigenvalue weighted by atomic mass is 19.1. The molecule has 6 nitrogen and oxygen atoms in total. The highest BCUT2D eigenvalue weighted by Gasteiger charge is 2.15. The van der Waals surface area contributed by atoms with Crippen molar-refractivity contribution in [1.29, 1.82) is 5.26 Å². The number of rotatable bonds is 5. The summed E-state index contributed by atoms with van der Waals surface area (Å²) in [5, 5.41) is 9.59. The minimum absolute atomic E-state index is 0.253. The number of allylic oxidation sites excluding steroid dienone is 1. The largest absolute Gasteiger partial charge is 0.496 e. The van der Waals surface area contributed by atoms with Crippen molar-refractivity contribution in [3.05, 3.63) is 47.5 Å². The van der Waals surface area contributed by atoms with E-state index in [0.717, 1.165) is 0 Å². The molecule has 0 aliphatic carbocycles. The molecule has 26 heavy (non-hydrogen) atoms. The van der Waals surface area contributed by atoms with Gasteiger partial charge in [-0.15, -0.1) is 0 Å². The topological polar surface area (TPSA) is 80.2 Å². The molecular formula is C19H16FN3O3. The second-order valence-corrected chi connectivity index (χ2v) is 5.36. The number of fused-ring (bicyclic) bond motifs is 1. The molecule has 0 radical (unpaired) electrons. The van der Waals surface area contributed by atoms with Crippen LogP contribution in [-0.2, 0) is 0 Å². The standard InChI is InChI=1S/C19H16FN3O3/c1-24-13-8-17(25-2)14(18(9-13)26-3)6-11(10-21)19-22-15-5-4-12(20)7-16(15)23-19/h4-9H,1-3H3,(H,22,23)/b11-6-. The van der Waals surface area contributed by atoms with Gasteiger partial charge < -0.3 is 19.2 Å². The number of nitriles is 1. The number of H-pyrrole nitrogens is 1. The molecular weight excluding hydrogens is 337 g/mol. The van der Waals surface area contributed by atoms with Crippen LogP contribution in [0.25, 0.3) is 22.7 Å². The third-order valence-electron chi connectivity index (χ3n) is 3.86. The van der Waals surface area contributed by atoms with Crippen LogP contribution >= 0.6 is 0 Å². The summed E-state index contributed by atoms with van der Waals surface area (Å²) < 4.78 is 29.4. The first-order chi connectivity index (χ1) is 12.6. The number of nitrogens with zero attached hydrogens (tertiary/aromatic N) is 2. The smallest absolute Gasteiger partial charge is 0.149 e. The lowest BCUT2D eigenvalue weighted by Crippen LogP contribution is -1.96. The van der Waals surface area contributed by atoms with Gasteiger partial charge in [0.05, 0.1) is 43.5 Å². The number of hydrogen-bond donors (Lipinski definition) is 1. The predicted molar refractivity (Wildman–Crippen MR) is 95.6 cm³/mol. The zero-order valence-corrected chi connectivity index (χ0v) is 14.5. The maximum atomic E-state index is 13.4. The van der Waals surface area contributed by atoms with Crippen LogP contribution in [-0.4, -0.2) is 31.3 Å². The molecule has 0 amide bonds. The van der Waals surface area contributed by atoms with Crippen LogP contribution in [0.1, 0.15) is 11.4 Å². The lowest BCUT2D eigenvalue weighted by atomic mass is 10.1. The first-order valence-electron chi connectivity index (χ1n) is 7.67. The number of imidazole rings is 1. The molecule has 0 bridgehead atoms. The minimum atomic E-state index is -0.381. The summed E-state index contributed by atoms with van der Waals surface area (Å²) in [7, 11) is 4.57. The summed E-state index contributed by atoms with van der Waals surface area (Å²) in [5.74, 6) is 1.47. The summed E-state index contributed by atoms with van der Waals surface area (Å²) in [5.41, 5.74) is 1.90. The van der Waals surface area contributed by atoms with Crippen LogP contribution in [0.2, 0.25) is 0 Å². The first kappa shape index (κ1) is 17.3. The second kappa shape index (κ2) is 7.15. The van der Waals surface area contributed by atoms with Crippen molar-refractivity contribution in [2.75, 3.05) is 21.3 Å². The van der Waals surface area contributed by atoms with Gasteiger partial charge in [-0.05, 0) is 24.3 Å². The molecule has 0 fully saturated rings. The number of nitrogens with one attached hydrogen (secondary N) is 1. The molecule has 3 aromatic rings. The second-order valence-electron chi connectivity index (χ2n) is 5.36. The van der Waals surface area contributed by atoms with Gasteiger partial charge >= 0.3 is 0 Å². The quantitative estimate of drug-likeness (QED) is 0.706. The van der Waals surface area contributed by atoms with Crippen LogP contribution < -0.4 is 14.2 Å². The molecule has 0 spiro atoms. The molecule has 0 unspecified atom stereocenters. The summed E-state index contributed by atoms with van der Waals surface area (Å²) in [6, 6.07) is 9.68. The molecule has 0 saturated carbocycles. The molecule has 1 heterocycles. The Bertz CT molecular complexity index is 1010. The fourth-order valence-electron chi connectivity index (χ4n) is 2.58. The van der Waals surface area contributed by atoms with Gasteiger partial charge in [0, 0.05) is 12.1 Å². The Balaban J connectivity index is 2.15. The highest BCUT2D eigenvalue weighted by molar-refractivity contribution is 5.92. The third kappa shape index (κ3) is 3.17. The maximum Gasteiger partial charge on any atom is 0.149 e. The van der Waals surface area contributed by atoms with Crippen LogP contribution in [0.3, 0.4) is 0 Å². The van der Waals surface area contributed by atoms with Crippen molar-refractivity contribution in [3.63, 3.8) is 0 Å². The van der Waals surface area contributed by atoms with Gasteiger partial charge in [0.1, 0.15) is 35.0 Å². The lowest BCUT2D eigenvalue weighted by molar-refractivity contribution is 0.374. The fraction of sp³-hybridized carbons (Fsp3) is 0.158. The van der Waals surface area contributed by atoms with Crippen molar-refractivity contribution in [2.45, 2.75) is 0 Å². The SMILES string of the molecule is COc1cc(OC)c(/C=C(/C#N)c2nc3ccc(F)cc3[nH]2)c(OC)c1. The number of aromatic amines is 1. The van der Waals surface area contributed by atoms with Gasteiger partial charge in [0.15, 0.2) is 0 Å². The number of hydrogen-bond acceptors (Lipinski definition) is 5. The average Bonchev–Trinajstić information content (AvgIpc) is 3.08. The Kier molecular flexibility index (Phi) is 4.76. The Morgan fingerprint density at radius 2 is 1.81 bits per heavy atom. The van der Waals surface area contributed by atoms with Crippen LogP contribution in [0.4, 0.5) is 4.39 Å². The molecule has 0 aliphatic rings. The van der Waals surface area contributed by atoms with Gasteiger partial charge in [-0.3, -0.25) is 0 Å².